The minimum atomic E-state index is -0.787. The number of aliphatic carboxylic acids is 1. The average molecular weight is 336 g/mol. The highest BCUT2D eigenvalue weighted by Gasteiger charge is 2.15. The van der Waals surface area contributed by atoms with Gasteiger partial charge in [0.05, 0.1) is 17.8 Å². The topological polar surface area (TPSA) is 83.6 Å². The fourth-order valence-electron chi connectivity index (χ4n) is 2.40. The molecule has 0 heterocycles. The molecule has 0 aliphatic heterocycles. The average Bonchev–Trinajstić information content (AvgIpc) is 2.58. The molecular formula is C18H22ClNO3. The molecule has 0 fully saturated rings. The smallest absolute Gasteiger partial charge is 0.306 e. The third-order valence-corrected chi connectivity index (χ3v) is 3.64. The van der Waals surface area contributed by atoms with Crippen LogP contribution in [0.15, 0.2) is 54.6 Å². The van der Waals surface area contributed by atoms with Crippen molar-refractivity contribution in [3.8, 4) is 11.1 Å². The molecule has 0 aliphatic carbocycles. The zero-order chi connectivity index (χ0) is 17.2. The Hall–Kier alpha value is -1.88. The van der Waals surface area contributed by atoms with Crippen LogP contribution in [0.3, 0.4) is 0 Å². The molecule has 4 N–H and O–H groups in total. The summed E-state index contributed by atoms with van der Waals surface area (Å²) in [6.45, 7) is 1.70. The van der Waals surface area contributed by atoms with Gasteiger partial charge in [0.25, 0.3) is 0 Å². The summed E-state index contributed by atoms with van der Waals surface area (Å²) in [6.07, 6.45) is 1.20. The van der Waals surface area contributed by atoms with Crippen LogP contribution in [0.4, 0.5) is 0 Å². The van der Waals surface area contributed by atoms with Gasteiger partial charge < -0.3 is 10.8 Å². The van der Waals surface area contributed by atoms with Crippen LogP contribution in [0.25, 0.3) is 11.1 Å². The van der Waals surface area contributed by atoms with Gasteiger partial charge in [0.1, 0.15) is 0 Å². The first-order valence-corrected chi connectivity index (χ1v) is 7.69. The number of nitrogens with two attached hydrogens (primary N) is 1. The maximum Gasteiger partial charge on any atom is 0.306 e. The van der Waals surface area contributed by atoms with Crippen LogP contribution in [-0.4, -0.2) is 21.8 Å². The van der Waals surface area contributed by atoms with Crippen molar-refractivity contribution >= 4 is 17.8 Å². The van der Waals surface area contributed by atoms with Gasteiger partial charge in [-0.2, -0.15) is 0 Å². The molecule has 0 aliphatic rings. The van der Waals surface area contributed by atoms with E-state index in [0.29, 0.717) is 12.8 Å². The van der Waals surface area contributed by atoms with Crippen molar-refractivity contribution < 1.29 is 14.6 Å². The quantitative estimate of drug-likeness (QED) is 0.754. The molecule has 0 unspecified atom stereocenters. The van der Waals surface area contributed by atoms with E-state index in [1.54, 1.807) is 6.92 Å². The van der Waals surface area contributed by atoms with E-state index in [2.05, 4.69) is 48.3 Å². The van der Waals surface area contributed by atoms with Crippen molar-refractivity contribution in [1.82, 2.24) is 0 Å². The second-order valence-corrected chi connectivity index (χ2v) is 5.50. The Kier molecular flexibility index (Phi) is 8.33. The summed E-state index contributed by atoms with van der Waals surface area (Å²) in [7, 11) is 0. The molecule has 5 heteroatoms. The fourth-order valence-corrected chi connectivity index (χ4v) is 2.40. The molecule has 0 saturated heterocycles. The summed E-state index contributed by atoms with van der Waals surface area (Å²) in [5, 5.41) is 8.90. The monoisotopic (exact) mass is 335 g/mol. The molecule has 2 aromatic rings. The van der Waals surface area contributed by atoms with E-state index in [9.17, 15) is 4.79 Å². The van der Waals surface area contributed by atoms with Crippen LogP contribution in [0.1, 0.15) is 18.9 Å². The van der Waals surface area contributed by atoms with Gasteiger partial charge in [-0.25, -0.2) is 0 Å². The summed E-state index contributed by atoms with van der Waals surface area (Å²) in [5.41, 5.74) is 9.53. The summed E-state index contributed by atoms with van der Waals surface area (Å²) in [6, 6.07) is 18.4. The van der Waals surface area contributed by atoms with Crippen molar-refractivity contribution in [3.63, 3.8) is 0 Å². The molecule has 2 rings (SSSR count). The number of benzene rings is 2. The Morgan fingerprint density at radius 2 is 1.57 bits per heavy atom. The Balaban J connectivity index is 0.00000127. The molecular weight excluding hydrogens is 314 g/mol. The maximum absolute atomic E-state index is 10.8. The number of carboxylic acids is 1. The number of carbonyl (C=O) groups is 1. The van der Waals surface area contributed by atoms with Gasteiger partial charge >= 0.3 is 5.97 Å². The molecule has 0 aromatic heterocycles. The van der Waals surface area contributed by atoms with E-state index in [0.717, 1.165) is 5.56 Å². The first-order valence-electron chi connectivity index (χ1n) is 7.36. The van der Waals surface area contributed by atoms with E-state index in [1.165, 1.54) is 11.1 Å². The summed E-state index contributed by atoms with van der Waals surface area (Å²) in [5.74, 6) is -1.19. The number of halogens is 1. The molecule has 124 valence electrons. The molecule has 2 atom stereocenters. The summed E-state index contributed by atoms with van der Waals surface area (Å²) in [4.78, 5) is 10.8. The Morgan fingerprint density at radius 3 is 2.09 bits per heavy atom. The van der Waals surface area contributed by atoms with Crippen molar-refractivity contribution in [2.24, 2.45) is 11.7 Å². The lowest BCUT2D eigenvalue weighted by Gasteiger charge is -2.14. The van der Waals surface area contributed by atoms with Gasteiger partial charge in [0.2, 0.25) is 0 Å². The molecule has 0 saturated carbocycles. The third kappa shape index (κ3) is 6.40. The van der Waals surface area contributed by atoms with E-state index in [1.807, 2.05) is 18.2 Å². The lowest BCUT2D eigenvalue weighted by molar-refractivity contribution is -0.141. The Bertz CT molecular complexity index is 587. The number of hydrogen-bond donors (Lipinski definition) is 3. The lowest BCUT2D eigenvalue weighted by atomic mass is 9.96. The standard InChI is InChI=1S/C18H21NO2.ClHO/c1-13(18(20)21)11-17(19)12-14-7-9-16(10-8-14)15-5-3-2-4-6-15;1-2/h2-10,13,17H,11-12,19H2,1H3,(H,20,21);2H/t13-,17+;/m1./s1. The fraction of sp³-hybridized carbons (Fsp3) is 0.278. The van der Waals surface area contributed by atoms with Crippen LogP contribution < -0.4 is 5.73 Å². The van der Waals surface area contributed by atoms with Crippen LogP contribution in [0.2, 0.25) is 0 Å². The van der Waals surface area contributed by atoms with E-state index < -0.39 is 11.9 Å². The highest BCUT2D eigenvalue weighted by Crippen LogP contribution is 2.20. The van der Waals surface area contributed by atoms with E-state index in [-0.39, 0.29) is 6.04 Å². The second-order valence-electron chi connectivity index (χ2n) is 5.50. The van der Waals surface area contributed by atoms with Crippen molar-refractivity contribution in [2.45, 2.75) is 25.8 Å². The largest absolute Gasteiger partial charge is 0.481 e. The second kappa shape index (κ2) is 10.0. The van der Waals surface area contributed by atoms with Crippen molar-refractivity contribution in [1.29, 1.82) is 0 Å². The first kappa shape index (κ1) is 19.2. The van der Waals surface area contributed by atoms with Crippen LogP contribution >= 0.6 is 11.9 Å². The molecule has 0 bridgehead atoms. The van der Waals surface area contributed by atoms with Gasteiger partial charge in [-0.1, -0.05) is 61.5 Å². The molecule has 4 nitrogen and oxygen atoms in total. The predicted molar refractivity (Wildman–Crippen MR) is 93.0 cm³/mol. The minimum Gasteiger partial charge on any atom is -0.481 e. The van der Waals surface area contributed by atoms with Crippen LogP contribution in [0, 0.1) is 5.92 Å². The number of hydrogen-bond acceptors (Lipinski definition) is 3. The molecule has 0 amide bonds. The normalized spacial score (nSPS) is 12.7. The Labute approximate surface area is 141 Å². The highest BCUT2D eigenvalue weighted by molar-refractivity contribution is 6.04. The highest BCUT2D eigenvalue weighted by atomic mass is 35.5. The minimum absolute atomic E-state index is 0.126. The zero-order valence-corrected chi connectivity index (χ0v) is 13.8. The van der Waals surface area contributed by atoms with Gasteiger partial charge in [0, 0.05) is 6.04 Å². The zero-order valence-electron chi connectivity index (χ0n) is 13.0. The predicted octanol–water partition coefficient (Wildman–Crippen LogP) is 3.47. The van der Waals surface area contributed by atoms with Gasteiger partial charge in [0.15, 0.2) is 0 Å². The van der Waals surface area contributed by atoms with Gasteiger partial charge in [-0.15, -0.1) is 0 Å². The van der Waals surface area contributed by atoms with Gasteiger partial charge in [-0.05, 0) is 29.5 Å². The lowest BCUT2D eigenvalue weighted by Crippen LogP contribution is -2.28. The van der Waals surface area contributed by atoms with Crippen molar-refractivity contribution in [2.75, 3.05) is 0 Å². The summed E-state index contributed by atoms with van der Waals surface area (Å²) < 4.78 is 6.47. The van der Waals surface area contributed by atoms with Crippen LogP contribution in [-0.2, 0) is 11.2 Å². The molecule has 2 aromatic carbocycles. The third-order valence-electron chi connectivity index (χ3n) is 3.64. The van der Waals surface area contributed by atoms with Crippen LogP contribution in [0.5, 0.6) is 0 Å². The molecule has 0 radical (unpaired) electrons. The molecule has 0 spiro atoms. The summed E-state index contributed by atoms with van der Waals surface area (Å²) >= 11 is 3.64. The Morgan fingerprint density at radius 1 is 1.04 bits per heavy atom. The van der Waals surface area contributed by atoms with Gasteiger partial charge in [-0.3, -0.25) is 9.45 Å². The first-order chi connectivity index (χ1) is 11.1. The SMILES string of the molecule is C[C@H](C[C@H](N)Cc1ccc(-c2ccccc2)cc1)C(=O)O.OCl. The van der Waals surface area contributed by atoms with E-state index >= 15 is 0 Å². The van der Waals surface area contributed by atoms with E-state index in [4.69, 9.17) is 15.5 Å². The van der Waals surface area contributed by atoms with Crippen molar-refractivity contribution in [3.05, 3.63) is 60.2 Å². The molecule has 23 heavy (non-hydrogen) atoms. The number of rotatable bonds is 6. The number of carboxylic acid groups (broad SMARTS) is 1. The maximum atomic E-state index is 10.8.